The van der Waals surface area contributed by atoms with Crippen molar-refractivity contribution in [1.82, 2.24) is 24.5 Å². The maximum atomic E-state index is 14.8. The molecular weight excluding hydrogens is 471 g/mol. The second-order valence-corrected chi connectivity index (χ2v) is 10.7. The number of ether oxygens (including phenoxy) is 1. The smallest absolute Gasteiger partial charge is 0.251 e. The Morgan fingerprint density at radius 1 is 1.14 bits per heavy atom. The second kappa shape index (κ2) is 9.46. The molecule has 0 radical (unpaired) electrons. The Morgan fingerprint density at radius 3 is 2.65 bits per heavy atom. The van der Waals surface area contributed by atoms with E-state index < -0.39 is 6.04 Å². The van der Waals surface area contributed by atoms with E-state index in [2.05, 4.69) is 36.1 Å². The van der Waals surface area contributed by atoms with Crippen LogP contribution in [0.25, 0.3) is 16.9 Å². The highest BCUT2D eigenvalue weighted by Gasteiger charge is 2.35. The number of aromatic nitrogens is 5. The van der Waals surface area contributed by atoms with Crippen LogP contribution >= 0.6 is 0 Å². The van der Waals surface area contributed by atoms with Gasteiger partial charge in [0.2, 0.25) is 0 Å². The van der Waals surface area contributed by atoms with E-state index in [0.29, 0.717) is 42.1 Å². The summed E-state index contributed by atoms with van der Waals surface area (Å²) in [5.74, 6) is 0.265. The molecule has 0 saturated heterocycles. The van der Waals surface area contributed by atoms with Gasteiger partial charge in [0, 0.05) is 29.6 Å². The Balaban J connectivity index is 1.48. The van der Waals surface area contributed by atoms with Crippen molar-refractivity contribution in [2.45, 2.75) is 46.6 Å². The predicted molar refractivity (Wildman–Crippen MR) is 139 cm³/mol. The van der Waals surface area contributed by atoms with Gasteiger partial charge in [-0.25, -0.2) is 14.1 Å². The number of fused-ring (bicyclic) bond motifs is 1. The molecule has 37 heavy (non-hydrogen) atoms. The molecule has 0 N–H and O–H groups in total. The highest BCUT2D eigenvalue weighted by atomic mass is 19.1. The Labute approximate surface area is 215 Å². The maximum absolute atomic E-state index is 14.8. The number of benzene rings is 2. The number of imidazole rings is 1. The Morgan fingerprint density at radius 2 is 1.95 bits per heavy atom. The zero-order valence-electron chi connectivity index (χ0n) is 21.8. The minimum atomic E-state index is -0.592. The van der Waals surface area contributed by atoms with Gasteiger partial charge in [-0.15, -0.1) is 5.10 Å². The largest absolute Gasteiger partial charge is 0.495 e. The summed E-state index contributed by atoms with van der Waals surface area (Å²) in [5.41, 5.74) is 4.23. The van der Waals surface area contributed by atoms with Gasteiger partial charge in [-0.2, -0.15) is 0 Å². The number of amides is 1. The van der Waals surface area contributed by atoms with Gasteiger partial charge in [-0.3, -0.25) is 4.79 Å². The van der Waals surface area contributed by atoms with Crippen LogP contribution in [0, 0.1) is 18.2 Å². The summed E-state index contributed by atoms with van der Waals surface area (Å²) in [7, 11) is 1.62. The van der Waals surface area contributed by atoms with Gasteiger partial charge in [0.25, 0.3) is 5.91 Å². The molecule has 0 aliphatic carbocycles. The van der Waals surface area contributed by atoms with E-state index in [1.54, 1.807) is 35.3 Å². The standard InChI is InChI=1S/C28H31FN6O2/c1-18-14-33(17-30-18)24-11-9-19(13-26(24)37-5)22-15-35(32-31-22)25-12-10-20-21(29)7-6-8-23(20)34(27(25)36)16-28(2,3)4/h6-9,11,13-15,17,25H,10,12,16H2,1-5H3/t25-/m1/s1. The molecule has 9 heteroatoms. The molecule has 0 spiro atoms. The number of carbonyl (C=O) groups excluding carboxylic acids is 1. The van der Waals surface area contributed by atoms with Crippen molar-refractivity contribution < 1.29 is 13.9 Å². The quantitative estimate of drug-likeness (QED) is 0.377. The fourth-order valence-corrected chi connectivity index (χ4v) is 4.80. The molecule has 1 atom stereocenters. The average Bonchev–Trinajstić information content (AvgIpc) is 3.49. The molecule has 2 aromatic carbocycles. The molecule has 0 unspecified atom stereocenters. The lowest BCUT2D eigenvalue weighted by Gasteiger charge is -2.32. The van der Waals surface area contributed by atoms with E-state index in [-0.39, 0.29) is 17.1 Å². The third kappa shape index (κ3) is 4.85. The summed E-state index contributed by atoms with van der Waals surface area (Å²) < 4.78 is 23.9. The van der Waals surface area contributed by atoms with Crippen LogP contribution in [0.3, 0.4) is 0 Å². The molecule has 1 aliphatic rings. The van der Waals surface area contributed by atoms with Crippen LogP contribution in [0.5, 0.6) is 5.75 Å². The van der Waals surface area contributed by atoms with Crippen molar-refractivity contribution in [1.29, 1.82) is 0 Å². The van der Waals surface area contributed by atoms with Crippen LogP contribution in [-0.4, -0.2) is 44.1 Å². The Hall–Kier alpha value is -4.01. The van der Waals surface area contributed by atoms with Crippen molar-refractivity contribution in [2.24, 2.45) is 5.41 Å². The predicted octanol–water partition coefficient (Wildman–Crippen LogP) is 5.15. The number of carbonyl (C=O) groups is 1. The number of nitrogens with zero attached hydrogens (tertiary/aromatic N) is 6. The summed E-state index contributed by atoms with van der Waals surface area (Å²) >= 11 is 0. The molecule has 0 fully saturated rings. The number of aryl methyl sites for hydroxylation is 1. The number of anilines is 1. The first kappa shape index (κ1) is 24.7. The van der Waals surface area contributed by atoms with Crippen molar-refractivity contribution >= 4 is 11.6 Å². The fraction of sp³-hybridized carbons (Fsp3) is 0.357. The van der Waals surface area contributed by atoms with Crippen molar-refractivity contribution in [2.75, 3.05) is 18.6 Å². The lowest BCUT2D eigenvalue weighted by atomic mass is 9.95. The number of rotatable bonds is 5. The number of hydrogen-bond donors (Lipinski definition) is 0. The van der Waals surface area contributed by atoms with Crippen molar-refractivity contribution in [3.8, 4) is 22.7 Å². The van der Waals surface area contributed by atoms with Gasteiger partial charge in [-0.05, 0) is 49.4 Å². The summed E-state index contributed by atoms with van der Waals surface area (Å²) in [6.45, 7) is 8.59. The van der Waals surface area contributed by atoms with Crippen LogP contribution in [-0.2, 0) is 11.2 Å². The molecule has 4 aromatic rings. The molecule has 5 rings (SSSR count). The molecule has 3 heterocycles. The minimum Gasteiger partial charge on any atom is -0.495 e. The summed E-state index contributed by atoms with van der Waals surface area (Å²) in [4.78, 5) is 19.8. The van der Waals surface area contributed by atoms with E-state index in [1.165, 1.54) is 6.07 Å². The van der Waals surface area contributed by atoms with E-state index >= 15 is 0 Å². The molecule has 1 aliphatic heterocycles. The molecule has 8 nitrogen and oxygen atoms in total. The number of halogens is 1. The first-order valence-electron chi connectivity index (χ1n) is 12.3. The topological polar surface area (TPSA) is 78.1 Å². The zero-order chi connectivity index (χ0) is 26.3. The SMILES string of the molecule is COc1cc(-c2cn([C@@H]3CCc4c(F)cccc4N(CC(C)(C)C)C3=O)nn2)ccc1-n1cnc(C)c1. The van der Waals surface area contributed by atoms with E-state index in [1.807, 2.05) is 42.0 Å². The molecule has 192 valence electrons. The third-order valence-electron chi connectivity index (χ3n) is 6.53. The minimum absolute atomic E-state index is 0.112. The van der Waals surface area contributed by atoms with E-state index in [9.17, 15) is 9.18 Å². The van der Waals surface area contributed by atoms with Crippen LogP contribution in [0.2, 0.25) is 0 Å². The Bertz CT molecular complexity index is 1450. The van der Waals surface area contributed by atoms with Crippen LogP contribution < -0.4 is 9.64 Å². The van der Waals surface area contributed by atoms with Crippen molar-refractivity contribution in [3.63, 3.8) is 0 Å². The number of hydrogen-bond acceptors (Lipinski definition) is 5. The van der Waals surface area contributed by atoms with Crippen molar-refractivity contribution in [3.05, 3.63) is 72.2 Å². The lowest BCUT2D eigenvalue weighted by Crippen LogP contribution is -2.41. The second-order valence-electron chi connectivity index (χ2n) is 10.7. The molecule has 0 saturated carbocycles. The van der Waals surface area contributed by atoms with Gasteiger partial charge in [0.1, 0.15) is 23.3 Å². The highest BCUT2D eigenvalue weighted by Crippen LogP contribution is 2.36. The van der Waals surface area contributed by atoms with Gasteiger partial charge >= 0.3 is 0 Å². The van der Waals surface area contributed by atoms with Crippen LogP contribution in [0.4, 0.5) is 10.1 Å². The molecule has 1 amide bonds. The fourth-order valence-electron chi connectivity index (χ4n) is 4.80. The first-order valence-corrected chi connectivity index (χ1v) is 12.3. The molecular formula is C28H31FN6O2. The number of methoxy groups -OCH3 is 1. The van der Waals surface area contributed by atoms with Crippen LogP contribution in [0.15, 0.2) is 55.1 Å². The van der Waals surface area contributed by atoms with Gasteiger partial charge in [0.05, 0.1) is 31.0 Å². The molecule has 2 aromatic heterocycles. The monoisotopic (exact) mass is 502 g/mol. The maximum Gasteiger partial charge on any atom is 0.251 e. The van der Waals surface area contributed by atoms with Crippen LogP contribution in [0.1, 0.15) is 44.5 Å². The Kier molecular flexibility index (Phi) is 6.31. The van der Waals surface area contributed by atoms with Gasteiger partial charge < -0.3 is 14.2 Å². The zero-order valence-corrected chi connectivity index (χ0v) is 21.8. The third-order valence-corrected chi connectivity index (χ3v) is 6.53. The summed E-state index contributed by atoms with van der Waals surface area (Å²) in [6, 6.07) is 10.1. The molecule has 0 bridgehead atoms. The van der Waals surface area contributed by atoms with E-state index in [0.717, 1.165) is 16.9 Å². The summed E-state index contributed by atoms with van der Waals surface area (Å²) in [6.07, 6.45) is 6.31. The average molecular weight is 503 g/mol. The first-order chi connectivity index (χ1) is 17.6. The van der Waals surface area contributed by atoms with Gasteiger partial charge in [-0.1, -0.05) is 38.1 Å². The lowest BCUT2D eigenvalue weighted by molar-refractivity contribution is -0.122. The highest BCUT2D eigenvalue weighted by molar-refractivity contribution is 5.97. The van der Waals surface area contributed by atoms with Gasteiger partial charge in [0.15, 0.2) is 0 Å². The van der Waals surface area contributed by atoms with E-state index in [4.69, 9.17) is 4.74 Å². The normalized spacial score (nSPS) is 16.0. The summed E-state index contributed by atoms with van der Waals surface area (Å²) in [5, 5.41) is 8.70.